The predicted octanol–water partition coefficient (Wildman–Crippen LogP) is 5.17. The van der Waals surface area contributed by atoms with Crippen molar-refractivity contribution in [1.29, 1.82) is 0 Å². The molecule has 0 unspecified atom stereocenters. The van der Waals surface area contributed by atoms with E-state index in [0.29, 0.717) is 24.1 Å². The summed E-state index contributed by atoms with van der Waals surface area (Å²) >= 11 is 0. The van der Waals surface area contributed by atoms with Crippen LogP contribution < -0.4 is 10.6 Å². The van der Waals surface area contributed by atoms with Crippen LogP contribution in [0.15, 0.2) is 54.0 Å². The van der Waals surface area contributed by atoms with Crippen molar-refractivity contribution >= 4 is 17.7 Å². The Kier molecular flexibility index (Phi) is 8.54. The third-order valence-corrected chi connectivity index (χ3v) is 4.08. The Hall–Kier alpha value is -3.42. The number of unbranched alkanes of at least 4 members (excludes halogenated alkanes) is 1. The fourth-order valence-corrected chi connectivity index (χ4v) is 2.72. The zero-order valence-corrected chi connectivity index (χ0v) is 18.3. The van der Waals surface area contributed by atoms with Crippen LogP contribution in [0.2, 0.25) is 0 Å². The Morgan fingerprint density at radius 2 is 1.94 bits per heavy atom. The monoisotopic (exact) mass is 426 g/mol. The highest BCUT2D eigenvalue weighted by molar-refractivity contribution is 5.94. The number of alkyl carbamates (subject to hydrolysis) is 1. The first-order chi connectivity index (χ1) is 14.7. The van der Waals surface area contributed by atoms with Crippen LogP contribution in [0, 0.1) is 0 Å². The molecule has 1 heterocycles. The van der Waals surface area contributed by atoms with Gasteiger partial charge in [0.2, 0.25) is 17.7 Å². The number of rotatable bonds is 10. The lowest BCUT2D eigenvalue weighted by Gasteiger charge is -2.21. The number of carbonyl (C=O) groups is 2. The molecule has 0 fully saturated rings. The van der Waals surface area contributed by atoms with Gasteiger partial charge in [-0.1, -0.05) is 24.3 Å². The van der Waals surface area contributed by atoms with Crippen LogP contribution in [0.1, 0.15) is 58.4 Å². The van der Waals surface area contributed by atoms with Crippen LogP contribution in [0.3, 0.4) is 0 Å². The highest BCUT2D eigenvalue weighted by Crippen LogP contribution is 2.29. The molecule has 0 saturated heterocycles. The molecule has 166 valence electrons. The van der Waals surface area contributed by atoms with Gasteiger partial charge in [0, 0.05) is 6.42 Å². The molecule has 0 aliphatic heterocycles. The normalized spacial score (nSPS) is 12.0. The van der Waals surface area contributed by atoms with Gasteiger partial charge in [-0.05, 0) is 52.2 Å². The zero-order chi connectivity index (χ0) is 22.9. The summed E-state index contributed by atoms with van der Waals surface area (Å²) in [6.45, 7) is 12.7. The number of carbonyl (C=O) groups excluding carboxylic acids is 2. The molecule has 0 bridgehead atoms. The van der Waals surface area contributed by atoms with Gasteiger partial charge in [0.25, 0.3) is 0 Å². The smallest absolute Gasteiger partial charge is 0.408 e. The molecule has 1 aromatic carbocycles. The second kappa shape index (κ2) is 11.1. The number of para-hydroxylation sites is 1. The van der Waals surface area contributed by atoms with Crippen LogP contribution in [-0.4, -0.2) is 27.8 Å². The van der Waals surface area contributed by atoms with E-state index in [1.165, 1.54) is 0 Å². The van der Waals surface area contributed by atoms with Crippen molar-refractivity contribution in [1.82, 2.24) is 15.5 Å². The van der Waals surface area contributed by atoms with Gasteiger partial charge in [-0.15, -0.1) is 23.4 Å². The minimum absolute atomic E-state index is 0.106. The zero-order valence-electron chi connectivity index (χ0n) is 18.3. The van der Waals surface area contributed by atoms with Crippen molar-refractivity contribution in [2.75, 3.05) is 5.32 Å². The highest BCUT2D eigenvalue weighted by atomic mass is 16.6. The first kappa shape index (κ1) is 23.9. The lowest BCUT2D eigenvalue weighted by Crippen LogP contribution is -2.35. The molecule has 31 heavy (non-hydrogen) atoms. The maximum Gasteiger partial charge on any atom is 0.408 e. The number of anilines is 1. The molecule has 0 spiro atoms. The molecule has 1 atom stereocenters. The highest BCUT2D eigenvalue weighted by Gasteiger charge is 2.24. The maximum absolute atomic E-state index is 12.2. The number of hydrogen-bond acceptors (Lipinski definition) is 6. The second-order valence-corrected chi connectivity index (χ2v) is 7.94. The van der Waals surface area contributed by atoms with E-state index < -0.39 is 17.7 Å². The molecule has 2 N–H and O–H groups in total. The number of ether oxygens (including phenoxy) is 1. The molecule has 2 aromatic rings. The number of hydrogen-bond donors (Lipinski definition) is 2. The van der Waals surface area contributed by atoms with Gasteiger partial charge in [-0.2, -0.15) is 0 Å². The number of benzene rings is 1. The molecule has 8 heteroatoms. The van der Waals surface area contributed by atoms with Crippen LogP contribution in [0.4, 0.5) is 10.5 Å². The molecule has 1 aromatic heterocycles. The largest absolute Gasteiger partial charge is 0.444 e. The van der Waals surface area contributed by atoms with Crippen molar-refractivity contribution in [3.63, 3.8) is 0 Å². The van der Waals surface area contributed by atoms with Crippen LogP contribution in [0.25, 0.3) is 11.5 Å². The van der Waals surface area contributed by atoms with Crippen LogP contribution >= 0.6 is 0 Å². The molecule has 0 aliphatic carbocycles. The average Bonchev–Trinajstić information content (AvgIpc) is 3.17. The lowest BCUT2D eigenvalue weighted by molar-refractivity contribution is -0.116. The SMILES string of the molecule is C=CCCCC(=O)Nc1ccccc1-c1nnc([C@H](CC=C)NC(=O)OC(C)(C)C)o1. The molecule has 0 saturated carbocycles. The Morgan fingerprint density at radius 3 is 2.61 bits per heavy atom. The summed E-state index contributed by atoms with van der Waals surface area (Å²) in [4.78, 5) is 24.4. The Bertz CT molecular complexity index is 914. The molecule has 2 amide bonds. The van der Waals surface area contributed by atoms with Gasteiger partial charge < -0.3 is 19.8 Å². The number of allylic oxidation sites excluding steroid dienone is 1. The first-order valence-corrected chi connectivity index (χ1v) is 10.2. The van der Waals surface area contributed by atoms with E-state index >= 15 is 0 Å². The molecule has 2 rings (SSSR count). The fraction of sp³-hybridized carbons (Fsp3) is 0.391. The van der Waals surface area contributed by atoms with Crippen molar-refractivity contribution in [2.45, 2.75) is 58.1 Å². The van der Waals surface area contributed by atoms with Crippen LogP contribution in [-0.2, 0) is 9.53 Å². The second-order valence-electron chi connectivity index (χ2n) is 7.94. The number of aromatic nitrogens is 2. The van der Waals surface area contributed by atoms with Crippen LogP contribution in [0.5, 0.6) is 0 Å². The topological polar surface area (TPSA) is 106 Å². The third kappa shape index (κ3) is 7.73. The summed E-state index contributed by atoms with van der Waals surface area (Å²) in [6, 6.07) is 6.58. The summed E-state index contributed by atoms with van der Waals surface area (Å²) in [5.74, 6) is 0.343. The number of amides is 2. The lowest BCUT2D eigenvalue weighted by atomic mass is 10.1. The summed E-state index contributed by atoms with van der Waals surface area (Å²) in [5.41, 5.74) is 0.528. The van der Waals surface area contributed by atoms with E-state index in [1.807, 2.05) is 12.1 Å². The first-order valence-electron chi connectivity index (χ1n) is 10.2. The summed E-state index contributed by atoms with van der Waals surface area (Å²) in [7, 11) is 0. The Balaban J connectivity index is 2.18. The fourth-order valence-electron chi connectivity index (χ4n) is 2.72. The van der Waals surface area contributed by atoms with Crippen molar-refractivity contribution in [2.24, 2.45) is 0 Å². The van der Waals surface area contributed by atoms with E-state index in [0.717, 1.165) is 12.8 Å². The van der Waals surface area contributed by atoms with Gasteiger partial charge >= 0.3 is 6.09 Å². The summed E-state index contributed by atoms with van der Waals surface area (Å²) in [6.07, 6.45) is 5.10. The standard InChI is InChI=1S/C23H30N4O4/c1-6-8-9-15-19(28)24-17-14-11-10-13-16(17)20-26-27-21(30-20)18(12-7-2)25-22(29)31-23(3,4)5/h6-7,10-11,13-14,18H,1-2,8-9,12,15H2,3-5H3,(H,24,28)(H,25,29)/t18-/m0/s1. The molecule has 0 aliphatic rings. The number of nitrogens with one attached hydrogen (secondary N) is 2. The maximum atomic E-state index is 12.2. The van der Waals surface area contributed by atoms with Gasteiger partial charge in [-0.25, -0.2) is 4.79 Å². The van der Waals surface area contributed by atoms with E-state index in [1.54, 1.807) is 45.1 Å². The minimum Gasteiger partial charge on any atom is -0.444 e. The number of nitrogens with zero attached hydrogens (tertiary/aromatic N) is 2. The van der Waals surface area contributed by atoms with E-state index in [2.05, 4.69) is 34.0 Å². The van der Waals surface area contributed by atoms with Gasteiger partial charge in [0.1, 0.15) is 11.6 Å². The molecular weight excluding hydrogens is 396 g/mol. The summed E-state index contributed by atoms with van der Waals surface area (Å²) in [5, 5.41) is 13.8. The van der Waals surface area contributed by atoms with E-state index in [-0.39, 0.29) is 17.7 Å². The third-order valence-electron chi connectivity index (χ3n) is 4.08. The van der Waals surface area contributed by atoms with Gasteiger partial charge in [0.15, 0.2) is 0 Å². The van der Waals surface area contributed by atoms with E-state index in [9.17, 15) is 9.59 Å². The quantitative estimate of drug-likeness (QED) is 0.401. The van der Waals surface area contributed by atoms with Crippen molar-refractivity contribution < 1.29 is 18.7 Å². The van der Waals surface area contributed by atoms with E-state index in [4.69, 9.17) is 9.15 Å². The van der Waals surface area contributed by atoms with Gasteiger partial charge in [-0.3, -0.25) is 4.79 Å². The molecular formula is C23H30N4O4. The Labute approximate surface area is 182 Å². The molecule has 0 radical (unpaired) electrons. The van der Waals surface area contributed by atoms with Crippen molar-refractivity contribution in [3.05, 3.63) is 55.5 Å². The predicted molar refractivity (Wildman–Crippen MR) is 119 cm³/mol. The van der Waals surface area contributed by atoms with Gasteiger partial charge in [0.05, 0.1) is 11.3 Å². The molecule has 8 nitrogen and oxygen atoms in total. The van der Waals surface area contributed by atoms with Crippen molar-refractivity contribution in [3.8, 4) is 11.5 Å². The average molecular weight is 427 g/mol. The minimum atomic E-state index is -0.633. The summed E-state index contributed by atoms with van der Waals surface area (Å²) < 4.78 is 11.1. The Morgan fingerprint density at radius 1 is 1.19 bits per heavy atom.